The van der Waals surface area contributed by atoms with Gasteiger partial charge in [-0.25, -0.2) is 8.78 Å². The predicted octanol–water partition coefficient (Wildman–Crippen LogP) is 2.63. The summed E-state index contributed by atoms with van der Waals surface area (Å²) in [6.07, 6.45) is -1.49. The first-order chi connectivity index (χ1) is 7.60. The number of hydrogen-bond donors (Lipinski definition) is 0. The van der Waals surface area contributed by atoms with E-state index in [1.165, 1.54) is 19.4 Å². The first kappa shape index (κ1) is 13.0. The van der Waals surface area contributed by atoms with Crippen LogP contribution in [0.15, 0.2) is 12.3 Å². The van der Waals surface area contributed by atoms with Gasteiger partial charge in [-0.3, -0.25) is 9.78 Å². The van der Waals surface area contributed by atoms with Gasteiger partial charge in [0.2, 0.25) is 0 Å². The number of nitrogens with zero attached hydrogens (tertiary/aromatic N) is 1. The van der Waals surface area contributed by atoms with Crippen molar-refractivity contribution in [2.45, 2.75) is 18.2 Å². The topological polar surface area (TPSA) is 39.2 Å². The van der Waals surface area contributed by atoms with Crippen LogP contribution in [0, 0.1) is 0 Å². The Hall–Kier alpha value is -1.04. The highest BCUT2D eigenvalue weighted by Gasteiger charge is 2.20. The van der Waals surface area contributed by atoms with Crippen molar-refractivity contribution in [2.24, 2.45) is 0 Å². The number of rotatable bonds is 4. The predicted molar refractivity (Wildman–Crippen MR) is 57.5 cm³/mol. The molecule has 0 aliphatic rings. The summed E-state index contributed by atoms with van der Waals surface area (Å²) >= 11 is 3.12. The van der Waals surface area contributed by atoms with Crippen LogP contribution in [0.3, 0.4) is 0 Å². The summed E-state index contributed by atoms with van der Waals surface area (Å²) < 4.78 is 30.1. The molecule has 0 amide bonds. The second-order valence-electron chi connectivity index (χ2n) is 3.02. The highest BCUT2D eigenvalue weighted by Crippen LogP contribution is 2.27. The Morgan fingerprint density at radius 3 is 2.81 bits per heavy atom. The molecule has 0 fully saturated rings. The lowest BCUT2D eigenvalue weighted by Crippen LogP contribution is -2.10. The Kier molecular flexibility index (Phi) is 4.79. The largest absolute Gasteiger partial charge is 0.469 e. The second-order valence-corrected chi connectivity index (χ2v) is 3.58. The zero-order valence-corrected chi connectivity index (χ0v) is 10.1. The molecule has 0 aliphatic carbocycles. The van der Waals surface area contributed by atoms with Crippen molar-refractivity contribution in [2.75, 3.05) is 7.11 Å². The minimum atomic E-state index is -2.65. The fourth-order valence-electron chi connectivity index (χ4n) is 1.29. The molecule has 1 rings (SSSR count). The van der Waals surface area contributed by atoms with Gasteiger partial charge in [0.25, 0.3) is 6.43 Å². The van der Waals surface area contributed by atoms with Crippen LogP contribution in [-0.2, 0) is 21.3 Å². The van der Waals surface area contributed by atoms with Gasteiger partial charge in [0.15, 0.2) is 0 Å². The molecule has 0 saturated heterocycles. The summed E-state index contributed by atoms with van der Waals surface area (Å²) in [7, 11) is 1.21. The number of carbonyl (C=O) groups excluding carboxylic acids is 1. The summed E-state index contributed by atoms with van der Waals surface area (Å²) in [6, 6.07) is 1.50. The summed E-state index contributed by atoms with van der Waals surface area (Å²) in [5.74, 6) is -0.582. The van der Waals surface area contributed by atoms with E-state index in [1.807, 2.05) is 0 Å². The molecule has 0 saturated carbocycles. The maximum Gasteiger partial charge on any atom is 0.311 e. The highest BCUT2D eigenvalue weighted by molar-refractivity contribution is 9.08. The molecule has 0 bridgehead atoms. The van der Waals surface area contributed by atoms with Crippen LogP contribution in [0.1, 0.15) is 23.2 Å². The molecule has 0 N–H and O–H groups in total. The maximum absolute atomic E-state index is 12.8. The fourth-order valence-corrected chi connectivity index (χ4v) is 1.78. The van der Waals surface area contributed by atoms with Crippen molar-refractivity contribution in [1.82, 2.24) is 4.98 Å². The minimum absolute atomic E-state index is 0.0683. The maximum atomic E-state index is 12.8. The van der Waals surface area contributed by atoms with Gasteiger partial charge in [-0.05, 0) is 11.6 Å². The minimum Gasteiger partial charge on any atom is -0.469 e. The third-order valence-electron chi connectivity index (χ3n) is 2.06. The zero-order valence-electron chi connectivity index (χ0n) is 8.54. The molecule has 1 aromatic rings. The lowest BCUT2D eigenvalue weighted by Gasteiger charge is -2.10. The third-order valence-corrected chi connectivity index (χ3v) is 2.67. The van der Waals surface area contributed by atoms with Gasteiger partial charge in [-0.2, -0.15) is 0 Å². The number of pyridine rings is 1. The van der Waals surface area contributed by atoms with Gasteiger partial charge in [0, 0.05) is 17.1 Å². The second kappa shape index (κ2) is 5.89. The molecular formula is C10H10BrF2NO2. The number of hydrogen-bond acceptors (Lipinski definition) is 3. The fraction of sp³-hybridized carbons (Fsp3) is 0.400. The number of methoxy groups -OCH3 is 1. The van der Waals surface area contributed by atoms with E-state index in [0.29, 0.717) is 10.9 Å². The molecular weight excluding hydrogens is 284 g/mol. The number of ether oxygens (including phenoxy) is 1. The standard InChI is InChI=1S/C10H10BrF2NO2/c1-16-8(15)4-7-9(10(12)13)6(5-11)2-3-14-7/h2-3,10H,4-5H2,1H3. The lowest BCUT2D eigenvalue weighted by molar-refractivity contribution is -0.139. The van der Waals surface area contributed by atoms with Crippen LogP contribution in [0.25, 0.3) is 0 Å². The molecule has 3 nitrogen and oxygen atoms in total. The van der Waals surface area contributed by atoms with E-state index in [-0.39, 0.29) is 17.7 Å². The van der Waals surface area contributed by atoms with E-state index in [1.54, 1.807) is 0 Å². The molecule has 0 aromatic carbocycles. The molecule has 0 aliphatic heterocycles. The van der Waals surface area contributed by atoms with Gasteiger partial charge in [0.05, 0.1) is 19.2 Å². The monoisotopic (exact) mass is 293 g/mol. The smallest absolute Gasteiger partial charge is 0.311 e. The van der Waals surface area contributed by atoms with Gasteiger partial charge in [0.1, 0.15) is 0 Å². The van der Waals surface area contributed by atoms with Crippen molar-refractivity contribution in [3.05, 3.63) is 29.1 Å². The molecule has 0 spiro atoms. The molecule has 6 heteroatoms. The zero-order chi connectivity index (χ0) is 12.1. The Labute approximate surface area is 99.9 Å². The van der Waals surface area contributed by atoms with Gasteiger partial charge >= 0.3 is 5.97 Å². The summed E-state index contributed by atoms with van der Waals surface area (Å²) in [5.41, 5.74) is 0.312. The quantitative estimate of drug-likeness (QED) is 0.633. The molecule has 0 radical (unpaired) electrons. The van der Waals surface area contributed by atoms with Crippen LogP contribution in [0.2, 0.25) is 0 Å². The Balaban J connectivity index is 3.11. The lowest BCUT2D eigenvalue weighted by atomic mass is 10.1. The molecule has 16 heavy (non-hydrogen) atoms. The van der Waals surface area contributed by atoms with Crippen molar-refractivity contribution in [3.8, 4) is 0 Å². The van der Waals surface area contributed by atoms with E-state index in [0.717, 1.165) is 0 Å². The summed E-state index contributed by atoms with van der Waals surface area (Å²) in [4.78, 5) is 14.8. The highest BCUT2D eigenvalue weighted by atomic mass is 79.9. The van der Waals surface area contributed by atoms with E-state index >= 15 is 0 Å². The van der Waals surface area contributed by atoms with E-state index < -0.39 is 12.4 Å². The average molecular weight is 294 g/mol. The third kappa shape index (κ3) is 2.98. The first-order valence-electron chi connectivity index (χ1n) is 4.47. The first-order valence-corrected chi connectivity index (χ1v) is 5.59. The summed E-state index contributed by atoms with van der Waals surface area (Å²) in [6.45, 7) is 0. The van der Waals surface area contributed by atoms with Gasteiger partial charge in [-0.15, -0.1) is 0 Å². The van der Waals surface area contributed by atoms with Gasteiger partial charge in [-0.1, -0.05) is 15.9 Å². The average Bonchev–Trinajstić information content (AvgIpc) is 2.28. The number of alkyl halides is 3. The Morgan fingerprint density at radius 2 is 2.31 bits per heavy atom. The molecule has 0 unspecified atom stereocenters. The number of aromatic nitrogens is 1. The van der Waals surface area contributed by atoms with E-state index in [2.05, 4.69) is 25.7 Å². The van der Waals surface area contributed by atoms with Crippen molar-refractivity contribution >= 4 is 21.9 Å². The molecule has 0 atom stereocenters. The van der Waals surface area contributed by atoms with Gasteiger partial charge < -0.3 is 4.74 Å². The number of halogens is 3. The van der Waals surface area contributed by atoms with Crippen molar-refractivity contribution in [3.63, 3.8) is 0 Å². The van der Waals surface area contributed by atoms with E-state index in [9.17, 15) is 13.6 Å². The van der Waals surface area contributed by atoms with Crippen LogP contribution < -0.4 is 0 Å². The molecule has 88 valence electrons. The van der Waals surface area contributed by atoms with Crippen LogP contribution in [0.4, 0.5) is 8.78 Å². The van der Waals surface area contributed by atoms with E-state index in [4.69, 9.17) is 0 Å². The Morgan fingerprint density at radius 1 is 1.62 bits per heavy atom. The number of esters is 1. The number of carbonyl (C=O) groups is 1. The van der Waals surface area contributed by atoms with Crippen molar-refractivity contribution in [1.29, 1.82) is 0 Å². The summed E-state index contributed by atoms with van der Waals surface area (Å²) in [5, 5.41) is 0.295. The SMILES string of the molecule is COC(=O)Cc1nccc(CBr)c1C(F)F. The molecule has 1 aromatic heterocycles. The van der Waals surface area contributed by atoms with Crippen LogP contribution in [-0.4, -0.2) is 18.1 Å². The normalized spacial score (nSPS) is 10.6. The van der Waals surface area contributed by atoms with Crippen LogP contribution >= 0.6 is 15.9 Å². The van der Waals surface area contributed by atoms with Crippen LogP contribution in [0.5, 0.6) is 0 Å². The molecule has 1 heterocycles. The van der Waals surface area contributed by atoms with Crippen molar-refractivity contribution < 1.29 is 18.3 Å². The Bertz CT molecular complexity index is 385.